The number of aromatic nitrogens is 2. The van der Waals surface area contributed by atoms with E-state index in [4.69, 9.17) is 4.74 Å². The standard InChI is InChI=1S/C18H23N3O2/c1-18(2,3)21-11-16(10-19-21)20-17(22)14-6-4-5-13(9-14)15-7-8-23-12-15/h4-6,9-11,15H,7-8,12H2,1-3H3,(H,20,22). The predicted octanol–water partition coefficient (Wildman–Crippen LogP) is 3.39. The fraction of sp³-hybridized carbons (Fsp3) is 0.444. The van der Waals surface area contributed by atoms with Crippen LogP contribution in [-0.4, -0.2) is 28.9 Å². The van der Waals surface area contributed by atoms with Crippen molar-refractivity contribution in [3.05, 3.63) is 47.8 Å². The molecular formula is C18H23N3O2. The zero-order chi connectivity index (χ0) is 16.4. The number of carbonyl (C=O) groups excluding carboxylic acids is 1. The van der Waals surface area contributed by atoms with E-state index in [1.807, 2.05) is 29.1 Å². The van der Waals surface area contributed by atoms with Crippen LogP contribution in [0.25, 0.3) is 0 Å². The molecule has 1 aliphatic heterocycles. The van der Waals surface area contributed by atoms with Gasteiger partial charge in [-0.1, -0.05) is 12.1 Å². The molecule has 122 valence electrons. The summed E-state index contributed by atoms with van der Waals surface area (Å²) < 4.78 is 7.27. The third-order valence-electron chi connectivity index (χ3n) is 4.08. The Bertz CT molecular complexity index is 694. The number of hydrogen-bond donors (Lipinski definition) is 1. The van der Waals surface area contributed by atoms with E-state index in [0.717, 1.165) is 19.6 Å². The smallest absolute Gasteiger partial charge is 0.255 e. The highest BCUT2D eigenvalue weighted by atomic mass is 16.5. The Morgan fingerprint density at radius 3 is 2.87 bits per heavy atom. The summed E-state index contributed by atoms with van der Waals surface area (Å²) in [7, 11) is 0. The van der Waals surface area contributed by atoms with E-state index in [1.165, 1.54) is 5.56 Å². The maximum absolute atomic E-state index is 12.5. The molecule has 5 nitrogen and oxygen atoms in total. The summed E-state index contributed by atoms with van der Waals surface area (Å²) >= 11 is 0. The van der Waals surface area contributed by atoms with Crippen LogP contribution in [0.3, 0.4) is 0 Å². The molecule has 3 rings (SSSR count). The molecule has 1 aliphatic rings. The van der Waals surface area contributed by atoms with Crippen molar-refractivity contribution in [3.63, 3.8) is 0 Å². The first-order chi connectivity index (χ1) is 10.9. The van der Waals surface area contributed by atoms with Gasteiger partial charge in [-0.25, -0.2) is 0 Å². The van der Waals surface area contributed by atoms with Crippen molar-refractivity contribution < 1.29 is 9.53 Å². The maximum Gasteiger partial charge on any atom is 0.255 e. The second-order valence-corrected chi connectivity index (χ2v) is 6.98. The van der Waals surface area contributed by atoms with Gasteiger partial charge in [-0.05, 0) is 44.9 Å². The van der Waals surface area contributed by atoms with Gasteiger partial charge in [-0.3, -0.25) is 9.48 Å². The first kappa shape index (κ1) is 15.7. The zero-order valence-electron chi connectivity index (χ0n) is 13.9. The van der Waals surface area contributed by atoms with Crippen LogP contribution in [0.2, 0.25) is 0 Å². The number of benzene rings is 1. The number of nitrogens with one attached hydrogen (secondary N) is 1. The molecule has 0 aliphatic carbocycles. The fourth-order valence-corrected chi connectivity index (χ4v) is 2.69. The van der Waals surface area contributed by atoms with Gasteiger partial charge in [0.1, 0.15) is 0 Å². The van der Waals surface area contributed by atoms with Crippen molar-refractivity contribution in [2.75, 3.05) is 18.5 Å². The lowest BCUT2D eigenvalue weighted by molar-refractivity contribution is 0.102. The minimum Gasteiger partial charge on any atom is -0.381 e. The number of nitrogens with zero attached hydrogens (tertiary/aromatic N) is 2. The molecule has 1 aromatic heterocycles. The minimum absolute atomic E-state index is 0.106. The van der Waals surface area contributed by atoms with E-state index in [1.54, 1.807) is 6.20 Å². The molecule has 0 radical (unpaired) electrons. The molecule has 23 heavy (non-hydrogen) atoms. The molecule has 1 atom stereocenters. The highest BCUT2D eigenvalue weighted by molar-refractivity contribution is 6.04. The monoisotopic (exact) mass is 313 g/mol. The summed E-state index contributed by atoms with van der Waals surface area (Å²) in [6, 6.07) is 7.79. The highest BCUT2D eigenvalue weighted by Crippen LogP contribution is 2.26. The Kier molecular flexibility index (Phi) is 4.22. The van der Waals surface area contributed by atoms with Gasteiger partial charge in [0.15, 0.2) is 0 Å². The van der Waals surface area contributed by atoms with Crippen LogP contribution < -0.4 is 5.32 Å². The van der Waals surface area contributed by atoms with E-state index >= 15 is 0 Å². The molecule has 5 heteroatoms. The Hall–Kier alpha value is -2.14. The number of hydrogen-bond acceptors (Lipinski definition) is 3. The molecule has 2 aromatic rings. The lowest BCUT2D eigenvalue weighted by atomic mass is 9.96. The van der Waals surface area contributed by atoms with Crippen molar-refractivity contribution in [2.24, 2.45) is 0 Å². The molecule has 0 saturated carbocycles. The van der Waals surface area contributed by atoms with Crippen LogP contribution in [0.5, 0.6) is 0 Å². The Labute approximate surface area is 136 Å². The molecule has 1 fully saturated rings. The van der Waals surface area contributed by atoms with Gasteiger partial charge in [-0.15, -0.1) is 0 Å². The van der Waals surface area contributed by atoms with Crippen LogP contribution in [-0.2, 0) is 10.3 Å². The van der Waals surface area contributed by atoms with E-state index in [9.17, 15) is 4.79 Å². The summed E-state index contributed by atoms with van der Waals surface area (Å²) in [5, 5.41) is 7.22. The third kappa shape index (κ3) is 3.62. The van der Waals surface area contributed by atoms with E-state index < -0.39 is 0 Å². The lowest BCUT2D eigenvalue weighted by Gasteiger charge is -2.18. The molecule has 1 N–H and O–H groups in total. The third-order valence-corrected chi connectivity index (χ3v) is 4.08. The molecule has 2 heterocycles. The number of anilines is 1. The summed E-state index contributed by atoms with van der Waals surface area (Å²) in [6.07, 6.45) is 4.55. The van der Waals surface area contributed by atoms with Crippen molar-refractivity contribution in [3.8, 4) is 0 Å². The van der Waals surface area contributed by atoms with Crippen molar-refractivity contribution in [2.45, 2.75) is 38.6 Å². The SMILES string of the molecule is CC(C)(C)n1cc(NC(=O)c2cccc(C3CCOC3)c2)cn1. The molecule has 0 bridgehead atoms. The van der Waals surface area contributed by atoms with Gasteiger partial charge < -0.3 is 10.1 Å². The predicted molar refractivity (Wildman–Crippen MR) is 89.8 cm³/mol. The van der Waals surface area contributed by atoms with Crippen LogP contribution in [0.1, 0.15) is 49.0 Å². The molecule has 1 amide bonds. The quantitative estimate of drug-likeness (QED) is 0.945. The number of amides is 1. The number of ether oxygens (including phenoxy) is 1. The van der Waals surface area contributed by atoms with Gasteiger partial charge in [0.2, 0.25) is 0 Å². The van der Waals surface area contributed by atoms with Gasteiger partial charge in [-0.2, -0.15) is 5.10 Å². The maximum atomic E-state index is 12.5. The zero-order valence-corrected chi connectivity index (χ0v) is 13.9. The summed E-state index contributed by atoms with van der Waals surface area (Å²) in [5.41, 5.74) is 2.43. The van der Waals surface area contributed by atoms with Gasteiger partial charge >= 0.3 is 0 Å². The normalized spacial score (nSPS) is 18.1. The lowest BCUT2D eigenvalue weighted by Crippen LogP contribution is -2.22. The highest BCUT2D eigenvalue weighted by Gasteiger charge is 2.19. The minimum atomic E-state index is -0.112. The summed E-state index contributed by atoms with van der Waals surface area (Å²) in [4.78, 5) is 12.5. The van der Waals surface area contributed by atoms with Crippen molar-refractivity contribution in [1.82, 2.24) is 9.78 Å². The average molecular weight is 313 g/mol. The molecule has 1 saturated heterocycles. The number of carbonyl (C=O) groups is 1. The van der Waals surface area contributed by atoms with E-state index in [2.05, 4.69) is 37.3 Å². The molecule has 1 aromatic carbocycles. The van der Waals surface area contributed by atoms with E-state index in [-0.39, 0.29) is 11.4 Å². The van der Waals surface area contributed by atoms with Crippen molar-refractivity contribution >= 4 is 11.6 Å². The molecule has 1 unspecified atom stereocenters. The Balaban J connectivity index is 1.73. The van der Waals surface area contributed by atoms with Gasteiger partial charge in [0.25, 0.3) is 5.91 Å². The van der Waals surface area contributed by atoms with Crippen LogP contribution in [0.4, 0.5) is 5.69 Å². The first-order valence-electron chi connectivity index (χ1n) is 7.98. The Morgan fingerprint density at radius 2 is 2.22 bits per heavy atom. The van der Waals surface area contributed by atoms with Crippen LogP contribution >= 0.6 is 0 Å². The second-order valence-electron chi connectivity index (χ2n) is 6.98. The number of rotatable bonds is 3. The topological polar surface area (TPSA) is 56.2 Å². The fourth-order valence-electron chi connectivity index (χ4n) is 2.69. The van der Waals surface area contributed by atoms with Crippen LogP contribution in [0, 0.1) is 0 Å². The van der Waals surface area contributed by atoms with Crippen molar-refractivity contribution in [1.29, 1.82) is 0 Å². The van der Waals surface area contributed by atoms with Gasteiger partial charge in [0.05, 0.1) is 24.0 Å². The summed E-state index contributed by atoms with van der Waals surface area (Å²) in [5.74, 6) is 0.283. The molecular weight excluding hydrogens is 290 g/mol. The average Bonchev–Trinajstić information content (AvgIpc) is 3.18. The van der Waals surface area contributed by atoms with E-state index in [0.29, 0.717) is 17.2 Å². The Morgan fingerprint density at radius 1 is 1.39 bits per heavy atom. The molecule has 0 spiro atoms. The van der Waals surface area contributed by atoms with Gasteiger partial charge in [0, 0.05) is 24.3 Å². The first-order valence-corrected chi connectivity index (χ1v) is 7.98. The second kappa shape index (κ2) is 6.16. The largest absolute Gasteiger partial charge is 0.381 e. The summed E-state index contributed by atoms with van der Waals surface area (Å²) in [6.45, 7) is 7.74. The van der Waals surface area contributed by atoms with Crippen LogP contribution in [0.15, 0.2) is 36.7 Å².